The van der Waals surface area contributed by atoms with Crippen molar-refractivity contribution in [3.8, 4) is 22.9 Å². The fraction of sp³-hybridized carbons (Fsp3) is 0.286. The van der Waals surface area contributed by atoms with Crippen molar-refractivity contribution >= 4 is 15.9 Å². The lowest BCUT2D eigenvalue weighted by molar-refractivity contribution is 0.0978. The predicted molar refractivity (Wildman–Crippen MR) is 149 cm³/mol. The van der Waals surface area contributed by atoms with Crippen molar-refractivity contribution in [2.24, 2.45) is 5.92 Å². The summed E-state index contributed by atoms with van der Waals surface area (Å²) in [5.41, 5.74) is 4.57. The number of hydrogen-bond donors (Lipinski definition) is 1. The summed E-state index contributed by atoms with van der Waals surface area (Å²) in [6, 6.07) is 11.6. The molecule has 9 nitrogen and oxygen atoms in total. The summed E-state index contributed by atoms with van der Waals surface area (Å²) in [6.45, 7) is 12.4. The molecule has 202 valence electrons. The number of sulfonamides is 1. The summed E-state index contributed by atoms with van der Waals surface area (Å²) >= 11 is 0. The first-order valence-electron chi connectivity index (χ1n) is 12.2. The molecule has 3 heterocycles. The molecule has 4 aromatic rings. The molecule has 38 heavy (non-hydrogen) atoms. The highest BCUT2D eigenvalue weighted by Gasteiger charge is 2.25. The molecule has 1 aromatic carbocycles. The van der Waals surface area contributed by atoms with E-state index in [1.165, 1.54) is 12.1 Å². The van der Waals surface area contributed by atoms with E-state index >= 15 is 0 Å². The number of carbonyl (C=O) groups is 1. The van der Waals surface area contributed by atoms with Crippen LogP contribution in [0.3, 0.4) is 0 Å². The molecule has 0 bridgehead atoms. The Kier molecular flexibility index (Phi) is 7.63. The quantitative estimate of drug-likeness (QED) is 0.309. The highest BCUT2D eigenvalue weighted by Crippen LogP contribution is 2.32. The van der Waals surface area contributed by atoms with Gasteiger partial charge in [-0.25, -0.2) is 14.7 Å². The monoisotopic (exact) mass is 537 g/mol. The van der Waals surface area contributed by atoms with E-state index in [-0.39, 0.29) is 19.3 Å². The van der Waals surface area contributed by atoms with Crippen LogP contribution in [0.4, 0.5) is 0 Å². The van der Waals surface area contributed by atoms with Crippen LogP contribution in [0.15, 0.2) is 59.9 Å². The van der Waals surface area contributed by atoms with Gasteiger partial charge in [0.1, 0.15) is 11.3 Å². The maximum atomic E-state index is 13.3. The maximum Gasteiger partial charge on any atom is 0.281 e. The predicted octanol–water partition coefficient (Wildman–Crippen LogP) is 5.63. The molecule has 0 aliphatic rings. The Balaban J connectivity index is 0.00000280. The van der Waals surface area contributed by atoms with E-state index in [2.05, 4.69) is 33.6 Å². The Hall–Kier alpha value is -4.05. The van der Waals surface area contributed by atoms with Crippen LogP contribution in [-0.4, -0.2) is 34.1 Å². The summed E-state index contributed by atoms with van der Waals surface area (Å²) in [6.07, 6.45) is 3.58. The second kappa shape index (κ2) is 10.7. The lowest BCUT2D eigenvalue weighted by Gasteiger charge is -2.15. The van der Waals surface area contributed by atoms with E-state index in [1.807, 2.05) is 43.8 Å². The van der Waals surface area contributed by atoms with Crippen molar-refractivity contribution in [3.63, 3.8) is 0 Å². The van der Waals surface area contributed by atoms with Crippen LogP contribution >= 0.6 is 0 Å². The van der Waals surface area contributed by atoms with Crippen LogP contribution in [0.25, 0.3) is 11.3 Å². The summed E-state index contributed by atoms with van der Waals surface area (Å²) in [7, 11) is -4.22. The second-order valence-electron chi connectivity index (χ2n) is 9.78. The highest BCUT2D eigenvalue weighted by atomic mass is 32.2. The Morgan fingerprint density at radius 1 is 1.05 bits per heavy atom. The van der Waals surface area contributed by atoms with Crippen LogP contribution in [-0.2, 0) is 16.6 Å². The summed E-state index contributed by atoms with van der Waals surface area (Å²) in [5.74, 6) is 0.0744. The largest absolute Gasteiger partial charge is 0.438 e. The molecule has 0 saturated carbocycles. The molecule has 0 aliphatic carbocycles. The third-order valence-electron chi connectivity index (χ3n) is 5.75. The van der Waals surface area contributed by atoms with Crippen LogP contribution in [0.5, 0.6) is 11.6 Å². The molecule has 3 aromatic heterocycles. The highest BCUT2D eigenvalue weighted by molar-refractivity contribution is 7.90. The zero-order valence-corrected chi connectivity index (χ0v) is 23.1. The average Bonchev–Trinajstić information content (AvgIpc) is 3.28. The van der Waals surface area contributed by atoms with Crippen molar-refractivity contribution in [2.45, 2.75) is 53.1 Å². The van der Waals surface area contributed by atoms with Crippen molar-refractivity contribution in [3.05, 3.63) is 82.8 Å². The van der Waals surface area contributed by atoms with Gasteiger partial charge in [-0.15, -0.1) is 0 Å². The number of amides is 1. The fourth-order valence-electron chi connectivity index (χ4n) is 4.14. The van der Waals surface area contributed by atoms with Crippen molar-refractivity contribution in [2.75, 3.05) is 0 Å². The minimum atomic E-state index is -4.22. The first-order valence-corrected chi connectivity index (χ1v) is 13.7. The zero-order chi connectivity index (χ0) is 27.6. The van der Waals surface area contributed by atoms with Gasteiger partial charge in [0.05, 0.1) is 11.9 Å². The number of nitrogens with zero attached hydrogens (tertiary/aromatic N) is 4. The van der Waals surface area contributed by atoms with Gasteiger partial charge in [0, 0.05) is 26.9 Å². The molecular formula is C28H35N5O4S. The van der Waals surface area contributed by atoms with Crippen LogP contribution in [0, 0.1) is 33.6 Å². The van der Waals surface area contributed by atoms with E-state index in [9.17, 15) is 13.2 Å². The Labute approximate surface area is 225 Å². The molecule has 0 atom stereocenters. The second-order valence-corrected chi connectivity index (χ2v) is 11.4. The van der Waals surface area contributed by atoms with Crippen LogP contribution in [0.1, 0.15) is 49.4 Å². The molecule has 0 saturated heterocycles. The minimum absolute atomic E-state index is 0. The van der Waals surface area contributed by atoms with Crippen LogP contribution in [0.2, 0.25) is 0 Å². The number of carbonyl (C=O) groups excluding carboxylic acids is 1. The van der Waals surface area contributed by atoms with Gasteiger partial charge in [-0.2, -0.15) is 13.5 Å². The molecule has 0 fully saturated rings. The minimum Gasteiger partial charge on any atom is -0.438 e. The van der Waals surface area contributed by atoms with E-state index in [0.29, 0.717) is 23.1 Å². The Morgan fingerprint density at radius 3 is 2.42 bits per heavy atom. The number of benzene rings is 1. The fourth-order valence-corrected chi connectivity index (χ4v) is 5.12. The number of aromatic nitrogens is 4. The van der Waals surface area contributed by atoms with Gasteiger partial charge in [0.25, 0.3) is 15.9 Å². The Bertz CT molecular complexity index is 1600. The molecule has 0 radical (unpaired) electrons. The SMILES string of the molecule is Cc1cc(C)c(Oc2nc(-c3cnn(CC(C)C)c3)ccc2C(=O)NS(=O)(=O)c2cccc(C)n2)c(C)c1.[HH].[HH]. The number of hydrogen-bond acceptors (Lipinski definition) is 7. The van der Waals surface area contributed by atoms with E-state index in [0.717, 1.165) is 28.8 Å². The number of rotatable bonds is 8. The van der Waals surface area contributed by atoms with E-state index < -0.39 is 15.9 Å². The number of ether oxygens (including phenoxy) is 1. The van der Waals surface area contributed by atoms with Crippen molar-refractivity contribution in [1.82, 2.24) is 24.5 Å². The molecule has 1 N–H and O–H groups in total. The molecule has 0 spiro atoms. The van der Waals surface area contributed by atoms with Crippen molar-refractivity contribution in [1.29, 1.82) is 0 Å². The standard InChI is InChI=1S/C28H31N5O4S.2H2/c1-17(2)15-33-16-22(14-29-33)24-11-10-23(27(34)32-38(35,36)25-9-7-8-21(6)30-25)28(31-24)37-26-19(4)12-18(3)13-20(26)5;;/h7-14,16-17H,15H2,1-6H3,(H,32,34);2*1H. The molecule has 0 aliphatic heterocycles. The average molecular weight is 538 g/mol. The number of aryl methyl sites for hydroxylation is 4. The van der Waals surface area contributed by atoms with Gasteiger partial charge in [-0.05, 0) is 69.0 Å². The Morgan fingerprint density at radius 2 is 1.76 bits per heavy atom. The van der Waals surface area contributed by atoms with Gasteiger partial charge < -0.3 is 4.74 Å². The molecule has 4 rings (SSSR count). The summed E-state index contributed by atoms with van der Waals surface area (Å²) in [4.78, 5) is 21.9. The van der Waals surface area contributed by atoms with Crippen LogP contribution < -0.4 is 9.46 Å². The molecule has 0 unspecified atom stereocenters. The molecule has 10 heteroatoms. The third-order valence-corrected chi connectivity index (χ3v) is 6.99. The van der Waals surface area contributed by atoms with E-state index in [1.54, 1.807) is 31.3 Å². The first-order chi connectivity index (χ1) is 17.9. The molecule has 1 amide bonds. The van der Waals surface area contributed by atoms with Gasteiger partial charge in [0.15, 0.2) is 5.03 Å². The van der Waals surface area contributed by atoms with Gasteiger partial charge in [-0.1, -0.05) is 37.6 Å². The third kappa shape index (κ3) is 6.08. The van der Waals surface area contributed by atoms with Gasteiger partial charge in [0.2, 0.25) is 5.88 Å². The zero-order valence-electron chi connectivity index (χ0n) is 22.3. The summed E-state index contributed by atoms with van der Waals surface area (Å²) in [5, 5.41) is 4.15. The maximum absolute atomic E-state index is 13.3. The van der Waals surface area contributed by atoms with Gasteiger partial charge in [-0.3, -0.25) is 9.48 Å². The lowest BCUT2D eigenvalue weighted by atomic mass is 10.1. The number of nitrogens with one attached hydrogen (secondary N) is 1. The normalized spacial score (nSPS) is 11.6. The number of pyridine rings is 2. The molecular weight excluding hydrogens is 502 g/mol. The van der Waals surface area contributed by atoms with E-state index in [4.69, 9.17) is 4.74 Å². The van der Waals surface area contributed by atoms with Crippen molar-refractivity contribution < 1.29 is 20.8 Å². The first kappa shape index (κ1) is 27.0. The lowest BCUT2D eigenvalue weighted by Crippen LogP contribution is -2.31. The summed E-state index contributed by atoms with van der Waals surface area (Å²) < 4.78 is 35.9. The van der Waals surface area contributed by atoms with Gasteiger partial charge >= 0.3 is 0 Å². The smallest absolute Gasteiger partial charge is 0.281 e. The topological polar surface area (TPSA) is 116 Å².